The molecule has 6 atom stereocenters. The molecule has 0 amide bonds. The fraction of sp³-hybridized carbons (Fsp3) is 0.943. The van der Waals surface area contributed by atoms with Crippen molar-refractivity contribution in [3.8, 4) is 0 Å². The summed E-state index contributed by atoms with van der Waals surface area (Å²) in [5.41, 5.74) is 0. The molecule has 0 radical (unpaired) electrons. The highest BCUT2D eigenvalue weighted by molar-refractivity contribution is 7.47. The van der Waals surface area contributed by atoms with Crippen molar-refractivity contribution in [2.24, 2.45) is 23.7 Å². The highest BCUT2D eigenvalue weighted by Crippen LogP contribution is 2.45. The van der Waals surface area contributed by atoms with Crippen LogP contribution in [0.4, 0.5) is 0 Å². The van der Waals surface area contributed by atoms with Gasteiger partial charge in [0.05, 0.1) is 26.4 Å². The van der Waals surface area contributed by atoms with Crippen molar-refractivity contribution in [3.63, 3.8) is 0 Å². The lowest BCUT2D eigenvalue weighted by molar-refractivity contribution is -0.161. The van der Waals surface area contributed by atoms with Gasteiger partial charge in [0, 0.05) is 25.7 Å². The SMILES string of the molecule is CCC(C)CCCCCCCCCCCCC(=O)O[C@H](COC(=O)CCCCCCCCCCCCCCCCC(C)C)COP(=O)(O)OC[C@@H](O)COP(=O)(O)OC[C@@H](COC(=O)CCCCCCCCC(C)C)OC(=O)CCCCCCCCC(C)C. The number of phosphoric ester groups is 2. The second kappa shape index (κ2) is 59.8. The monoisotopic (exact) mass is 1310 g/mol. The molecular formula is C70H136O17P2. The molecule has 19 heteroatoms. The first-order valence-electron chi connectivity index (χ1n) is 36.2. The topological polar surface area (TPSA) is 237 Å². The van der Waals surface area contributed by atoms with Crippen molar-refractivity contribution in [2.75, 3.05) is 39.6 Å². The van der Waals surface area contributed by atoms with Gasteiger partial charge in [-0.15, -0.1) is 0 Å². The number of rotatable bonds is 67. The van der Waals surface area contributed by atoms with E-state index in [1.54, 1.807) is 0 Å². The molecule has 0 saturated heterocycles. The number of esters is 4. The molecule has 0 rings (SSSR count). The fourth-order valence-corrected chi connectivity index (χ4v) is 12.0. The molecule has 0 aliphatic heterocycles. The summed E-state index contributed by atoms with van der Waals surface area (Å²) in [7, 11) is -9.90. The van der Waals surface area contributed by atoms with E-state index in [-0.39, 0.29) is 25.7 Å². The Balaban J connectivity index is 5.22. The summed E-state index contributed by atoms with van der Waals surface area (Å²) < 4.78 is 68.2. The average Bonchev–Trinajstić information content (AvgIpc) is 3.70. The van der Waals surface area contributed by atoms with Crippen LogP contribution in [0.3, 0.4) is 0 Å². The van der Waals surface area contributed by atoms with E-state index in [4.69, 9.17) is 37.0 Å². The van der Waals surface area contributed by atoms with E-state index in [0.29, 0.717) is 37.5 Å². The van der Waals surface area contributed by atoms with Gasteiger partial charge in [-0.2, -0.15) is 0 Å². The van der Waals surface area contributed by atoms with Gasteiger partial charge >= 0.3 is 39.5 Å². The van der Waals surface area contributed by atoms with Crippen molar-refractivity contribution >= 4 is 39.5 Å². The molecule has 3 unspecified atom stereocenters. The van der Waals surface area contributed by atoms with Crippen LogP contribution in [0.15, 0.2) is 0 Å². The lowest BCUT2D eigenvalue weighted by Crippen LogP contribution is -2.30. The molecule has 0 heterocycles. The molecular weight excluding hydrogens is 1170 g/mol. The molecule has 0 aromatic rings. The Kier molecular flexibility index (Phi) is 58.5. The van der Waals surface area contributed by atoms with Crippen LogP contribution in [0.1, 0.15) is 344 Å². The van der Waals surface area contributed by atoms with Gasteiger partial charge in [-0.25, -0.2) is 9.13 Å². The minimum atomic E-state index is -4.95. The summed E-state index contributed by atoms with van der Waals surface area (Å²) in [4.78, 5) is 72.4. The maximum atomic E-state index is 13.0. The van der Waals surface area contributed by atoms with Gasteiger partial charge in [-0.3, -0.25) is 37.3 Å². The minimum Gasteiger partial charge on any atom is -0.462 e. The summed E-state index contributed by atoms with van der Waals surface area (Å²) in [6, 6.07) is 0. The normalized spacial score (nSPS) is 14.6. The van der Waals surface area contributed by atoms with Crippen LogP contribution in [0.5, 0.6) is 0 Å². The Hall–Kier alpha value is -1.94. The summed E-state index contributed by atoms with van der Waals surface area (Å²) in [6.45, 7) is 14.0. The smallest absolute Gasteiger partial charge is 0.462 e. The van der Waals surface area contributed by atoms with Crippen LogP contribution in [-0.4, -0.2) is 96.7 Å². The summed E-state index contributed by atoms with van der Waals surface area (Å²) in [5, 5.41) is 10.6. The van der Waals surface area contributed by atoms with Gasteiger partial charge in [0.2, 0.25) is 0 Å². The van der Waals surface area contributed by atoms with Gasteiger partial charge in [0.15, 0.2) is 12.2 Å². The second-order valence-corrected chi connectivity index (χ2v) is 29.8. The van der Waals surface area contributed by atoms with Gasteiger partial charge in [-0.1, -0.05) is 293 Å². The Labute approximate surface area is 543 Å². The van der Waals surface area contributed by atoms with E-state index in [0.717, 1.165) is 108 Å². The first-order valence-corrected chi connectivity index (χ1v) is 39.2. The maximum Gasteiger partial charge on any atom is 0.472 e. The van der Waals surface area contributed by atoms with E-state index < -0.39 is 97.5 Å². The number of carbonyl (C=O) groups excluding carboxylic acids is 4. The highest BCUT2D eigenvalue weighted by Gasteiger charge is 2.30. The minimum absolute atomic E-state index is 0.101. The number of hydrogen-bond acceptors (Lipinski definition) is 15. The van der Waals surface area contributed by atoms with E-state index in [2.05, 4.69) is 55.4 Å². The lowest BCUT2D eigenvalue weighted by Gasteiger charge is -2.21. The van der Waals surface area contributed by atoms with E-state index in [9.17, 15) is 43.2 Å². The van der Waals surface area contributed by atoms with Gasteiger partial charge in [0.25, 0.3) is 0 Å². The maximum absolute atomic E-state index is 13.0. The van der Waals surface area contributed by atoms with Gasteiger partial charge in [-0.05, 0) is 49.4 Å². The zero-order chi connectivity index (χ0) is 66.1. The van der Waals surface area contributed by atoms with Crippen molar-refractivity contribution in [3.05, 3.63) is 0 Å². The molecule has 0 aliphatic carbocycles. The largest absolute Gasteiger partial charge is 0.472 e. The van der Waals surface area contributed by atoms with Crippen LogP contribution in [-0.2, 0) is 65.4 Å². The lowest BCUT2D eigenvalue weighted by atomic mass is 9.99. The first kappa shape index (κ1) is 87.1. The number of phosphoric acid groups is 2. The van der Waals surface area contributed by atoms with Crippen LogP contribution >= 0.6 is 15.6 Å². The number of hydrogen-bond donors (Lipinski definition) is 3. The van der Waals surface area contributed by atoms with Crippen molar-refractivity contribution < 1.29 is 80.2 Å². The zero-order valence-electron chi connectivity index (χ0n) is 58.1. The van der Waals surface area contributed by atoms with Crippen LogP contribution in [0.2, 0.25) is 0 Å². The predicted molar refractivity (Wildman–Crippen MR) is 358 cm³/mol. The second-order valence-electron chi connectivity index (χ2n) is 26.9. The molecule has 17 nitrogen and oxygen atoms in total. The van der Waals surface area contributed by atoms with Crippen molar-refractivity contribution in [2.45, 2.75) is 363 Å². The van der Waals surface area contributed by atoms with E-state index in [1.165, 1.54) is 141 Å². The number of aliphatic hydroxyl groups excluding tert-OH is 1. The average molecular weight is 1310 g/mol. The molecule has 0 fully saturated rings. The summed E-state index contributed by atoms with van der Waals surface area (Å²) in [5.74, 6) is 0.816. The van der Waals surface area contributed by atoms with Gasteiger partial charge in [0.1, 0.15) is 19.3 Å². The van der Waals surface area contributed by atoms with Gasteiger partial charge < -0.3 is 33.8 Å². The van der Waals surface area contributed by atoms with E-state index >= 15 is 0 Å². The first-order chi connectivity index (χ1) is 42.6. The fourth-order valence-electron chi connectivity index (χ4n) is 10.5. The molecule has 528 valence electrons. The summed E-state index contributed by atoms with van der Waals surface area (Å²) in [6.07, 6.45) is 42.0. The third-order valence-corrected chi connectivity index (χ3v) is 18.3. The van der Waals surface area contributed by atoms with E-state index in [1.807, 2.05) is 0 Å². The quantitative estimate of drug-likeness (QED) is 0.0222. The molecule has 0 saturated carbocycles. The Morgan fingerprint density at radius 1 is 0.315 bits per heavy atom. The number of aliphatic hydroxyl groups is 1. The molecule has 0 aromatic heterocycles. The number of ether oxygens (including phenoxy) is 4. The molecule has 89 heavy (non-hydrogen) atoms. The molecule has 0 spiro atoms. The molecule has 3 N–H and O–H groups in total. The third kappa shape index (κ3) is 63.2. The summed E-state index contributed by atoms with van der Waals surface area (Å²) >= 11 is 0. The van der Waals surface area contributed by atoms with Crippen LogP contribution in [0, 0.1) is 23.7 Å². The molecule has 0 aliphatic rings. The zero-order valence-corrected chi connectivity index (χ0v) is 59.8. The highest BCUT2D eigenvalue weighted by atomic mass is 31.2. The number of unbranched alkanes of at least 4 members (excludes halogenated alkanes) is 32. The molecule has 0 bridgehead atoms. The number of carbonyl (C=O) groups is 4. The standard InChI is InChI=1S/C70H136O17P2/c1-9-63(8)49-41-33-23-19-16-17-21-25-36-44-52-69(74)86-65(56-80-67(72)50-42-34-24-20-15-13-11-10-12-14-18-22-30-38-46-60(2)3)58-84-88(76,77)82-54-64(71)55-83-89(78,79)85-59-66(87-70(75)53-45-37-29-27-32-40-48-62(6)7)57-81-68(73)51-43-35-28-26-31-39-47-61(4)5/h60-66,71H,9-59H2,1-8H3,(H,76,77)(H,78,79)/t63?,64-,65-,66-/m1/s1. The Morgan fingerprint density at radius 3 is 0.798 bits per heavy atom. The Morgan fingerprint density at radius 2 is 0.539 bits per heavy atom. The Bertz CT molecular complexity index is 1770. The molecule has 0 aromatic carbocycles. The van der Waals surface area contributed by atoms with Crippen molar-refractivity contribution in [1.29, 1.82) is 0 Å². The predicted octanol–water partition coefficient (Wildman–Crippen LogP) is 19.7. The third-order valence-electron chi connectivity index (χ3n) is 16.4. The van der Waals surface area contributed by atoms with Crippen LogP contribution in [0.25, 0.3) is 0 Å². The van der Waals surface area contributed by atoms with Crippen LogP contribution < -0.4 is 0 Å². The van der Waals surface area contributed by atoms with Crippen molar-refractivity contribution in [1.82, 2.24) is 0 Å².